The van der Waals surface area contributed by atoms with E-state index in [-0.39, 0.29) is 24.0 Å². The lowest BCUT2D eigenvalue weighted by molar-refractivity contribution is -0.133. The fraction of sp³-hybridized carbons (Fsp3) is 0.800. The Labute approximate surface area is 83.6 Å². The SMILES string of the molecule is CCC1CC(=O)N(C2CCC2)C(=O)N1. The lowest BCUT2D eigenvalue weighted by Gasteiger charge is -2.40. The van der Waals surface area contributed by atoms with E-state index in [2.05, 4.69) is 5.32 Å². The second-order valence-electron chi connectivity index (χ2n) is 4.11. The summed E-state index contributed by atoms with van der Waals surface area (Å²) >= 11 is 0. The van der Waals surface area contributed by atoms with Crippen molar-refractivity contribution in [3.8, 4) is 0 Å². The third kappa shape index (κ3) is 1.49. The van der Waals surface area contributed by atoms with Crippen LogP contribution in [0.5, 0.6) is 0 Å². The molecule has 0 bridgehead atoms. The molecule has 1 saturated heterocycles. The number of imide groups is 1. The first-order chi connectivity index (χ1) is 6.72. The minimum atomic E-state index is -0.183. The average Bonchev–Trinajstić information content (AvgIpc) is 2.07. The molecule has 0 spiro atoms. The van der Waals surface area contributed by atoms with Crippen LogP contribution in [-0.2, 0) is 4.79 Å². The minimum Gasteiger partial charge on any atom is -0.334 e. The topological polar surface area (TPSA) is 49.4 Å². The van der Waals surface area contributed by atoms with Crippen LogP contribution in [0, 0.1) is 0 Å². The van der Waals surface area contributed by atoms with Gasteiger partial charge in [0.25, 0.3) is 0 Å². The third-order valence-electron chi connectivity index (χ3n) is 3.17. The zero-order valence-electron chi connectivity index (χ0n) is 8.45. The van der Waals surface area contributed by atoms with Gasteiger partial charge < -0.3 is 5.32 Å². The quantitative estimate of drug-likeness (QED) is 0.722. The highest BCUT2D eigenvalue weighted by Crippen LogP contribution is 2.27. The van der Waals surface area contributed by atoms with Crippen molar-refractivity contribution in [2.24, 2.45) is 0 Å². The van der Waals surface area contributed by atoms with E-state index < -0.39 is 0 Å². The molecule has 3 amide bonds. The number of rotatable bonds is 2. The number of nitrogens with zero attached hydrogens (tertiary/aromatic N) is 1. The van der Waals surface area contributed by atoms with Crippen LogP contribution in [0.2, 0.25) is 0 Å². The Bertz CT molecular complexity index is 243. The van der Waals surface area contributed by atoms with Crippen molar-refractivity contribution < 1.29 is 9.59 Å². The molecular weight excluding hydrogens is 180 g/mol. The van der Waals surface area contributed by atoms with Crippen LogP contribution in [0.1, 0.15) is 39.0 Å². The van der Waals surface area contributed by atoms with Crippen molar-refractivity contribution >= 4 is 11.9 Å². The van der Waals surface area contributed by atoms with Gasteiger partial charge in [0.2, 0.25) is 5.91 Å². The summed E-state index contributed by atoms with van der Waals surface area (Å²) in [6.07, 6.45) is 4.40. The second-order valence-corrected chi connectivity index (χ2v) is 4.11. The standard InChI is InChI=1S/C10H16N2O2/c1-2-7-6-9(13)12(10(14)11-7)8-4-3-5-8/h7-8H,2-6H2,1H3,(H,11,14). The van der Waals surface area contributed by atoms with Crippen molar-refractivity contribution in [3.05, 3.63) is 0 Å². The predicted octanol–water partition coefficient (Wildman–Crippen LogP) is 1.26. The summed E-state index contributed by atoms with van der Waals surface area (Å²) in [7, 11) is 0. The highest BCUT2D eigenvalue weighted by Gasteiger charge is 2.38. The van der Waals surface area contributed by atoms with E-state index >= 15 is 0 Å². The molecule has 4 heteroatoms. The number of carbonyl (C=O) groups excluding carboxylic acids is 2. The van der Waals surface area contributed by atoms with Crippen LogP contribution in [0.15, 0.2) is 0 Å². The number of hydrogen-bond donors (Lipinski definition) is 1. The molecule has 0 aromatic heterocycles. The summed E-state index contributed by atoms with van der Waals surface area (Å²) < 4.78 is 0. The summed E-state index contributed by atoms with van der Waals surface area (Å²) in [6, 6.07) is 0.0458. The Balaban J connectivity index is 2.04. The first kappa shape index (κ1) is 9.49. The first-order valence-corrected chi connectivity index (χ1v) is 5.35. The molecule has 2 fully saturated rings. The lowest BCUT2D eigenvalue weighted by atomic mass is 9.90. The van der Waals surface area contributed by atoms with Gasteiger partial charge in [-0.2, -0.15) is 0 Å². The van der Waals surface area contributed by atoms with E-state index in [0.29, 0.717) is 6.42 Å². The normalized spacial score (nSPS) is 28.6. The minimum absolute atomic E-state index is 0.00491. The van der Waals surface area contributed by atoms with Gasteiger partial charge in [-0.3, -0.25) is 9.69 Å². The molecule has 14 heavy (non-hydrogen) atoms. The molecule has 0 aromatic carbocycles. The van der Waals surface area contributed by atoms with E-state index in [1.54, 1.807) is 0 Å². The molecule has 4 nitrogen and oxygen atoms in total. The Morgan fingerprint density at radius 1 is 1.43 bits per heavy atom. The summed E-state index contributed by atoms with van der Waals surface area (Å²) in [4.78, 5) is 24.7. The number of amides is 3. The molecule has 2 rings (SSSR count). The van der Waals surface area contributed by atoms with E-state index in [1.165, 1.54) is 4.90 Å². The van der Waals surface area contributed by atoms with Gasteiger partial charge in [-0.1, -0.05) is 6.92 Å². The largest absolute Gasteiger partial charge is 0.334 e. The molecule has 1 atom stereocenters. The van der Waals surface area contributed by atoms with E-state index in [9.17, 15) is 9.59 Å². The predicted molar refractivity (Wildman–Crippen MR) is 51.7 cm³/mol. The number of hydrogen-bond acceptors (Lipinski definition) is 2. The summed E-state index contributed by atoms with van der Waals surface area (Å²) in [6.45, 7) is 1.98. The van der Waals surface area contributed by atoms with Crippen molar-refractivity contribution in [1.82, 2.24) is 10.2 Å². The highest BCUT2D eigenvalue weighted by molar-refractivity contribution is 5.97. The molecule has 78 valence electrons. The molecular formula is C10H16N2O2. The maximum atomic E-state index is 11.7. The zero-order valence-corrected chi connectivity index (χ0v) is 8.45. The lowest BCUT2D eigenvalue weighted by Crippen LogP contribution is -2.59. The summed E-state index contributed by atoms with van der Waals surface area (Å²) in [5, 5.41) is 2.86. The average molecular weight is 196 g/mol. The van der Waals surface area contributed by atoms with Gasteiger partial charge in [0.1, 0.15) is 0 Å². The van der Waals surface area contributed by atoms with Gasteiger partial charge in [-0.05, 0) is 25.7 Å². The van der Waals surface area contributed by atoms with Crippen LogP contribution in [-0.4, -0.2) is 28.9 Å². The van der Waals surface area contributed by atoms with Gasteiger partial charge in [0.05, 0.1) is 0 Å². The van der Waals surface area contributed by atoms with Crippen molar-refractivity contribution in [2.75, 3.05) is 0 Å². The third-order valence-corrected chi connectivity index (χ3v) is 3.17. The summed E-state index contributed by atoms with van der Waals surface area (Å²) in [5.41, 5.74) is 0. The Morgan fingerprint density at radius 3 is 2.57 bits per heavy atom. The number of urea groups is 1. The second kappa shape index (κ2) is 3.59. The van der Waals surface area contributed by atoms with Crippen LogP contribution in [0.25, 0.3) is 0 Å². The van der Waals surface area contributed by atoms with Gasteiger partial charge in [-0.25, -0.2) is 4.79 Å². The van der Waals surface area contributed by atoms with E-state index in [1.807, 2.05) is 6.92 Å². The summed E-state index contributed by atoms with van der Waals surface area (Å²) in [5.74, 6) is 0.00491. The maximum absolute atomic E-state index is 11.7. The molecule has 1 N–H and O–H groups in total. The van der Waals surface area contributed by atoms with Gasteiger partial charge in [-0.15, -0.1) is 0 Å². The van der Waals surface area contributed by atoms with Crippen LogP contribution in [0.3, 0.4) is 0 Å². The van der Waals surface area contributed by atoms with Crippen molar-refractivity contribution in [3.63, 3.8) is 0 Å². The van der Waals surface area contributed by atoms with E-state index in [4.69, 9.17) is 0 Å². The molecule has 0 aromatic rings. The van der Waals surface area contributed by atoms with Gasteiger partial charge in [0, 0.05) is 18.5 Å². The Morgan fingerprint density at radius 2 is 2.14 bits per heavy atom. The molecule has 1 heterocycles. The molecule has 2 aliphatic rings. The zero-order chi connectivity index (χ0) is 10.1. The molecule has 1 aliphatic carbocycles. The first-order valence-electron chi connectivity index (χ1n) is 5.35. The Hall–Kier alpha value is -1.06. The number of carbonyl (C=O) groups is 2. The fourth-order valence-electron chi connectivity index (χ4n) is 1.98. The van der Waals surface area contributed by atoms with E-state index in [0.717, 1.165) is 25.7 Å². The Kier molecular flexibility index (Phi) is 2.44. The van der Waals surface area contributed by atoms with Crippen LogP contribution >= 0.6 is 0 Å². The van der Waals surface area contributed by atoms with Crippen molar-refractivity contribution in [2.45, 2.75) is 51.1 Å². The molecule has 0 radical (unpaired) electrons. The monoisotopic (exact) mass is 196 g/mol. The molecule has 1 aliphatic heterocycles. The van der Waals surface area contributed by atoms with Crippen LogP contribution < -0.4 is 5.32 Å². The van der Waals surface area contributed by atoms with Gasteiger partial charge >= 0.3 is 6.03 Å². The van der Waals surface area contributed by atoms with Gasteiger partial charge in [0.15, 0.2) is 0 Å². The van der Waals surface area contributed by atoms with Crippen molar-refractivity contribution in [1.29, 1.82) is 0 Å². The fourth-order valence-corrected chi connectivity index (χ4v) is 1.98. The molecule has 1 saturated carbocycles. The highest BCUT2D eigenvalue weighted by atomic mass is 16.2. The maximum Gasteiger partial charge on any atom is 0.324 e. The smallest absolute Gasteiger partial charge is 0.324 e. The molecule has 1 unspecified atom stereocenters. The van der Waals surface area contributed by atoms with Crippen LogP contribution in [0.4, 0.5) is 4.79 Å². The number of nitrogens with one attached hydrogen (secondary N) is 1.